The fraction of sp³-hybridized carbons (Fsp3) is 0.273. The van der Waals surface area contributed by atoms with Gasteiger partial charge in [-0.1, -0.05) is 15.5 Å². The average Bonchev–Trinajstić information content (AvgIpc) is 1.30. The van der Waals surface area contributed by atoms with Gasteiger partial charge in [-0.3, -0.25) is 24.3 Å². The number of amides is 1. The quantitative estimate of drug-likeness (QED) is 0.00817. The number of benzene rings is 4. The van der Waals surface area contributed by atoms with Crippen molar-refractivity contribution in [3.63, 3.8) is 0 Å². The zero-order valence-electron chi connectivity index (χ0n) is 61.8. The lowest BCUT2D eigenvalue weighted by atomic mass is 10.2. The van der Waals surface area contributed by atoms with E-state index in [-0.39, 0.29) is 154 Å². The number of amidine groups is 1. The summed E-state index contributed by atoms with van der Waals surface area (Å²) in [6.45, 7) is 5.99. The highest BCUT2D eigenvalue weighted by Gasteiger charge is 2.28. The third-order valence-corrected chi connectivity index (χ3v) is 18.2. The van der Waals surface area contributed by atoms with Gasteiger partial charge in [-0.2, -0.15) is 16.8 Å². The van der Waals surface area contributed by atoms with E-state index in [0.717, 1.165) is 44.2 Å². The van der Waals surface area contributed by atoms with Crippen molar-refractivity contribution in [2.24, 2.45) is 21.0 Å². The Balaban J connectivity index is 0.000000208. The number of hydrogen-bond donors (Lipinski definition) is 11. The largest absolute Gasteiger partial charge is 0.446 e. The van der Waals surface area contributed by atoms with E-state index in [1.807, 2.05) is 5.48 Å². The Morgan fingerprint density at radius 3 is 1.31 bits per heavy atom. The molecule has 0 fully saturated rings. The van der Waals surface area contributed by atoms with Crippen LogP contribution < -0.4 is 69.5 Å². The molecule has 0 atom stereocenters. The van der Waals surface area contributed by atoms with Gasteiger partial charge in [0.1, 0.15) is 38.7 Å². The van der Waals surface area contributed by atoms with Crippen LogP contribution in [0.4, 0.5) is 51.3 Å². The molecule has 59 heteroatoms. The van der Waals surface area contributed by atoms with Gasteiger partial charge < -0.3 is 31.7 Å². The molecular formula is C55H58Br4ClF4N25O21S4. The molecule has 7 aromatic heterocycles. The topological polar surface area (TPSA) is 657 Å². The molecule has 0 bridgehead atoms. The molecule has 0 unspecified atom stereocenters. The van der Waals surface area contributed by atoms with Crippen molar-refractivity contribution in [2.45, 2.75) is 39.2 Å². The highest BCUT2D eigenvalue weighted by molar-refractivity contribution is 9.11. The fourth-order valence-electron chi connectivity index (χ4n) is 8.16. The number of nitrogens with zero attached hydrogens (tertiary/aromatic N) is 15. The van der Waals surface area contributed by atoms with Gasteiger partial charge in [0, 0.05) is 56.2 Å². The number of carbonyl (C=O) groups excluding carboxylic acids is 1. The molecule has 0 saturated heterocycles. The Labute approximate surface area is 680 Å². The van der Waals surface area contributed by atoms with Crippen LogP contribution in [0.25, 0.3) is 51.6 Å². The average molecular weight is 1970 g/mol. The van der Waals surface area contributed by atoms with E-state index in [9.17, 15) is 75.6 Å². The number of nitrogens with one attached hydrogen (secondary N) is 7. The number of ether oxygens (including phenoxy) is 1. The molecule has 0 spiro atoms. The minimum Gasteiger partial charge on any atom is -0.443 e. The van der Waals surface area contributed by atoms with Gasteiger partial charge in [-0.15, -0.1) is 0 Å². The lowest BCUT2D eigenvalue weighted by molar-refractivity contribution is 0.0571. The van der Waals surface area contributed by atoms with Crippen molar-refractivity contribution < 1.29 is 104 Å². The predicted molar refractivity (Wildman–Crippen MR) is 404 cm³/mol. The molecule has 1 amide bonds. The molecule has 0 radical (unpaired) electrons. The van der Waals surface area contributed by atoms with E-state index in [2.05, 4.69) is 188 Å². The lowest BCUT2D eigenvalue weighted by Crippen LogP contribution is -2.34. The zero-order valence-corrected chi connectivity index (χ0v) is 68.1. The summed E-state index contributed by atoms with van der Waals surface area (Å²) in [5.41, 5.74) is 7.10. The number of hydroxylamine groups is 1. The molecule has 7 heterocycles. The van der Waals surface area contributed by atoms with E-state index in [1.165, 1.54) is 29.0 Å². The first kappa shape index (κ1) is 84.6. The van der Waals surface area contributed by atoms with Crippen LogP contribution in [0.2, 0.25) is 0 Å². The van der Waals surface area contributed by atoms with E-state index in [0.29, 0.717) is 19.5 Å². The second kappa shape index (κ2) is 40.6. The van der Waals surface area contributed by atoms with Gasteiger partial charge >= 0.3 is 32.6 Å². The number of aromatic nitrogens is 14. The second-order valence-electron chi connectivity index (χ2n) is 22.5. The molecular weight excluding hydrogens is 1910 g/mol. The maximum atomic E-state index is 13.7. The van der Waals surface area contributed by atoms with Crippen LogP contribution in [-0.4, -0.2) is 184 Å². The van der Waals surface area contributed by atoms with Crippen molar-refractivity contribution in [3.05, 3.63) is 151 Å². The summed E-state index contributed by atoms with van der Waals surface area (Å²) >= 11 is 11.9. The molecule has 4 aromatic carbocycles. The van der Waals surface area contributed by atoms with Gasteiger partial charge in [0.15, 0.2) is 28.6 Å². The number of sulfone groups is 1. The second-order valence-corrected chi connectivity index (χ2v) is 33.6. The third-order valence-electron chi connectivity index (χ3n) is 12.7. The van der Waals surface area contributed by atoms with Gasteiger partial charge in [0.25, 0.3) is 10.2 Å². The van der Waals surface area contributed by atoms with Crippen LogP contribution in [-0.2, 0) is 44.0 Å². The first-order valence-electron chi connectivity index (χ1n) is 32.6. The third kappa shape index (κ3) is 27.8. The molecule has 0 aliphatic heterocycles. The molecule has 14 N–H and O–H groups in total. The number of hydrogen-bond acceptors (Lipinski definition) is 38. The van der Waals surface area contributed by atoms with Gasteiger partial charge in [0.05, 0.1) is 57.6 Å². The van der Waals surface area contributed by atoms with Crippen molar-refractivity contribution in [1.29, 1.82) is 0 Å². The molecule has 11 aromatic rings. The van der Waals surface area contributed by atoms with E-state index >= 15 is 0 Å². The van der Waals surface area contributed by atoms with Crippen molar-refractivity contribution in [3.8, 4) is 51.6 Å². The lowest BCUT2D eigenvalue weighted by Gasteiger charge is -2.18. The highest BCUT2D eigenvalue weighted by Crippen LogP contribution is 2.31. The zero-order chi connectivity index (χ0) is 87.5. The smallest absolute Gasteiger partial charge is 0.443 e. The summed E-state index contributed by atoms with van der Waals surface area (Å²) in [6, 6.07) is 7.96. The number of nitrogens with two attached hydrogens (primary N) is 3. The number of rotatable bonds is 27. The molecule has 11 rings (SSSR count). The number of primary sulfonamides is 1. The van der Waals surface area contributed by atoms with Gasteiger partial charge in [-0.25, -0.2) is 111 Å². The molecule has 114 heavy (non-hydrogen) atoms. The summed E-state index contributed by atoms with van der Waals surface area (Å²) in [5.74, 6) is -5.95. The van der Waals surface area contributed by atoms with E-state index in [4.69, 9.17) is 32.2 Å². The van der Waals surface area contributed by atoms with E-state index in [1.54, 1.807) is 20.8 Å². The standard InChI is InChI=1S/C14H13BrFN5O5S.C13H12BrFN6O5S.C12H10BrFN6O3.C11H13BrFN7O4S.C5H10ClNO4S/c1-27(23,24)6-2-5-17-12-11(18-26-19-12)13-20-25-14(22)21(13)8-3-4-10(16)9(15)7-8;14-8-6-7(2-3-9(8)15)21-12(20-25-13(21)22)10-11(19-26-18-10)17-4-1-5-27(16,23)24;13-7-5-6(1-2-8(7)14)20-11(19-22-12(20)21)9-10(16-4-3-15)18-23-17-9;12-7-5-6(1-2-8(7)13)17-11(18-21)9-10(20-24-19-9)15-3-4-16-25(14,22)23;1-5(2,3)11-4(8)7-12(6,9)10/h3-4,7H,2,5-6H2,1H3,(H,17,19);2-3,6H,1,4-5H2,(H,17,19)(H2,16,23,24);1-2,5H,3-4,15H2,(H,16,18);1-2,5,16,21H,3-4H2,(H,15,20)(H,17,18)(H2,14,22,23);1-3H3,(H,7,8)/i4D;3D;2*2D;. The molecule has 616 valence electrons. The summed E-state index contributed by atoms with van der Waals surface area (Å²) in [4.78, 5) is 50.9. The number of aliphatic imine (C=N–C) groups is 1. The minimum absolute atomic E-state index is 0.00608. The summed E-state index contributed by atoms with van der Waals surface area (Å²) in [6.07, 6.45) is 0.539. The van der Waals surface area contributed by atoms with E-state index < -0.39 is 116 Å². The van der Waals surface area contributed by atoms with Crippen LogP contribution in [0, 0.1) is 23.3 Å². The number of halogens is 9. The molecule has 46 nitrogen and oxygen atoms in total. The van der Waals surface area contributed by atoms with Crippen molar-refractivity contribution >= 4 is 155 Å². The van der Waals surface area contributed by atoms with Gasteiger partial charge in [-0.05, 0) is 211 Å². The van der Waals surface area contributed by atoms with Crippen LogP contribution >= 0.6 is 74.4 Å². The maximum absolute atomic E-state index is 13.7. The van der Waals surface area contributed by atoms with Crippen LogP contribution in [0.15, 0.2) is 142 Å². The van der Waals surface area contributed by atoms with Crippen LogP contribution in [0.3, 0.4) is 0 Å². The normalized spacial score (nSPS) is 12.2. The SMILES string of the molecule is CC(C)(C)OC(=O)NS(=O)(=O)Cl.[2H]c1cc(-n2c(-c3nonc3NCCCS(C)(=O)=O)noc2=O)cc(Br)c1F.[2H]c1cc(-n2c(-c3nonc3NCCCS(N)(=O)=O)noc2=O)cc(Br)c1F.[2H]c1cc(-n2c(-c3nonc3NCCN)noc2=O)cc(Br)c1F.[2H]c1cc(N=C(NO)c2nonc2NCCNS(N)(=O)=O)cc(Br)c1F. The maximum Gasteiger partial charge on any atom is 0.446 e. The summed E-state index contributed by atoms with van der Waals surface area (Å²) in [7, 11) is -9.87. The van der Waals surface area contributed by atoms with Crippen molar-refractivity contribution in [2.75, 3.05) is 78.3 Å². The summed E-state index contributed by atoms with van der Waals surface area (Å²) in [5, 5.41) is 70.4. The van der Waals surface area contributed by atoms with Crippen LogP contribution in [0.1, 0.15) is 44.8 Å². The highest BCUT2D eigenvalue weighted by atomic mass is 79.9. The first-order chi connectivity index (χ1) is 55.2. The molecule has 0 saturated carbocycles. The predicted octanol–water partition coefficient (Wildman–Crippen LogP) is 4.87. The first-order valence-corrected chi connectivity index (χ1v) is 41.5. The number of carbonyl (C=O) groups is 1. The van der Waals surface area contributed by atoms with Crippen LogP contribution in [0.5, 0.6) is 0 Å². The Morgan fingerprint density at radius 2 is 0.947 bits per heavy atom. The Hall–Kier alpha value is -10.3. The summed E-state index contributed by atoms with van der Waals surface area (Å²) < 4.78 is 215. The monoisotopic (exact) mass is 1960 g/mol. The Bertz CT molecular complexity index is 5840. The Kier molecular flexibility index (Phi) is 30.2. The number of anilines is 4. The van der Waals surface area contributed by atoms with Gasteiger partial charge in [0.2, 0.25) is 50.8 Å². The van der Waals surface area contributed by atoms with Crippen molar-refractivity contribution in [1.82, 2.24) is 85.3 Å². The molecule has 0 aliphatic rings. The number of sulfonamides is 1. The minimum atomic E-state index is -4.05. The Morgan fingerprint density at radius 1 is 0.570 bits per heavy atom. The molecule has 0 aliphatic carbocycles. The fourth-order valence-corrected chi connectivity index (χ4v) is 11.6.